The van der Waals surface area contributed by atoms with Gasteiger partial charge in [0.1, 0.15) is 6.17 Å². The molecule has 1 saturated heterocycles. The normalized spacial score (nSPS) is 37.2. The second kappa shape index (κ2) is 5.13. The van der Waals surface area contributed by atoms with E-state index in [2.05, 4.69) is 4.90 Å². The zero-order valence-electron chi connectivity index (χ0n) is 9.57. The van der Waals surface area contributed by atoms with Gasteiger partial charge in [-0.25, -0.2) is 4.39 Å². The largest absolute Gasteiger partial charge is 0.481 e. The van der Waals surface area contributed by atoms with Crippen LogP contribution in [0, 0.1) is 5.92 Å². The van der Waals surface area contributed by atoms with Crippen LogP contribution < -0.4 is 0 Å². The van der Waals surface area contributed by atoms with Crippen molar-refractivity contribution in [3.8, 4) is 0 Å². The summed E-state index contributed by atoms with van der Waals surface area (Å²) < 4.78 is 13.3. The van der Waals surface area contributed by atoms with Crippen molar-refractivity contribution >= 4 is 5.97 Å². The van der Waals surface area contributed by atoms with Crippen molar-refractivity contribution in [2.45, 2.75) is 50.7 Å². The Hall–Kier alpha value is -0.640. The number of nitrogens with zero attached hydrogens (tertiary/aromatic N) is 1. The van der Waals surface area contributed by atoms with Gasteiger partial charge in [-0.3, -0.25) is 9.69 Å². The third-order valence-electron chi connectivity index (χ3n) is 3.96. The number of carboxylic acid groups (broad SMARTS) is 1. The first-order valence-corrected chi connectivity index (χ1v) is 6.27. The first-order valence-electron chi connectivity index (χ1n) is 6.27. The SMILES string of the molecule is O=C(O)C1CCC(N2CCCC(F)C2)CC1. The highest BCUT2D eigenvalue weighted by Crippen LogP contribution is 2.29. The number of aliphatic carboxylic acids is 1. The Labute approximate surface area is 95.6 Å². The minimum atomic E-state index is -0.675. The van der Waals surface area contributed by atoms with E-state index in [1.54, 1.807) is 0 Å². The fourth-order valence-electron chi connectivity index (χ4n) is 2.97. The van der Waals surface area contributed by atoms with E-state index in [9.17, 15) is 9.18 Å². The lowest BCUT2D eigenvalue weighted by Gasteiger charge is -2.39. The molecule has 2 fully saturated rings. The standard InChI is InChI=1S/C12H20FNO2/c13-10-2-1-7-14(8-10)11-5-3-9(4-6-11)12(15)16/h9-11H,1-8H2,(H,15,16). The molecular weight excluding hydrogens is 209 g/mol. The fraction of sp³-hybridized carbons (Fsp3) is 0.917. The van der Waals surface area contributed by atoms with E-state index in [-0.39, 0.29) is 5.92 Å². The van der Waals surface area contributed by atoms with Gasteiger partial charge >= 0.3 is 5.97 Å². The van der Waals surface area contributed by atoms with Crippen molar-refractivity contribution < 1.29 is 14.3 Å². The number of piperidine rings is 1. The highest BCUT2D eigenvalue weighted by molar-refractivity contribution is 5.70. The Morgan fingerprint density at radius 2 is 1.88 bits per heavy atom. The average Bonchev–Trinajstić information content (AvgIpc) is 2.29. The summed E-state index contributed by atoms with van der Waals surface area (Å²) in [5.41, 5.74) is 0. The smallest absolute Gasteiger partial charge is 0.306 e. The second-order valence-electron chi connectivity index (χ2n) is 5.08. The molecule has 0 spiro atoms. The lowest BCUT2D eigenvalue weighted by molar-refractivity contribution is -0.143. The minimum Gasteiger partial charge on any atom is -0.481 e. The van der Waals surface area contributed by atoms with Gasteiger partial charge in [-0.05, 0) is 45.1 Å². The zero-order chi connectivity index (χ0) is 11.5. The Balaban J connectivity index is 1.81. The predicted octanol–water partition coefficient (Wildman–Crippen LogP) is 2.06. The average molecular weight is 229 g/mol. The Bertz CT molecular complexity index is 251. The van der Waals surface area contributed by atoms with Crippen molar-refractivity contribution in [1.82, 2.24) is 4.90 Å². The molecule has 2 rings (SSSR count). The third kappa shape index (κ3) is 2.73. The van der Waals surface area contributed by atoms with Crippen LogP contribution in [0.15, 0.2) is 0 Å². The number of hydrogen-bond acceptors (Lipinski definition) is 2. The Kier molecular flexibility index (Phi) is 3.79. The number of carboxylic acids is 1. The van der Waals surface area contributed by atoms with E-state index in [1.807, 2.05) is 0 Å². The van der Waals surface area contributed by atoms with Gasteiger partial charge < -0.3 is 5.11 Å². The molecule has 1 aliphatic carbocycles. The van der Waals surface area contributed by atoms with E-state index in [0.29, 0.717) is 19.0 Å². The number of rotatable bonds is 2. The molecule has 1 N–H and O–H groups in total. The van der Waals surface area contributed by atoms with Crippen LogP contribution in [0.4, 0.5) is 4.39 Å². The van der Waals surface area contributed by atoms with Gasteiger partial charge in [0, 0.05) is 12.6 Å². The lowest BCUT2D eigenvalue weighted by Crippen LogP contribution is -2.45. The Morgan fingerprint density at radius 3 is 2.44 bits per heavy atom. The summed E-state index contributed by atoms with van der Waals surface area (Å²) >= 11 is 0. The van der Waals surface area contributed by atoms with Gasteiger partial charge in [-0.15, -0.1) is 0 Å². The van der Waals surface area contributed by atoms with Crippen molar-refractivity contribution in [2.24, 2.45) is 5.92 Å². The van der Waals surface area contributed by atoms with Crippen LogP contribution in [0.5, 0.6) is 0 Å². The summed E-state index contributed by atoms with van der Waals surface area (Å²) in [6.07, 6.45) is 4.32. The molecule has 2 aliphatic rings. The first-order chi connectivity index (χ1) is 7.66. The molecule has 4 heteroatoms. The quantitative estimate of drug-likeness (QED) is 0.788. The van der Waals surface area contributed by atoms with Crippen LogP contribution in [0.3, 0.4) is 0 Å². The molecule has 1 saturated carbocycles. The summed E-state index contributed by atoms with van der Waals surface area (Å²) in [5.74, 6) is -0.831. The molecule has 1 aliphatic heterocycles. The number of likely N-dealkylation sites (tertiary alicyclic amines) is 1. The Morgan fingerprint density at radius 1 is 1.19 bits per heavy atom. The van der Waals surface area contributed by atoms with Gasteiger partial charge in [0.05, 0.1) is 5.92 Å². The van der Waals surface area contributed by atoms with Gasteiger partial charge in [-0.1, -0.05) is 0 Å². The number of carbonyl (C=O) groups is 1. The van der Waals surface area contributed by atoms with Gasteiger partial charge in [-0.2, -0.15) is 0 Å². The van der Waals surface area contributed by atoms with Crippen LogP contribution in [0.2, 0.25) is 0 Å². The molecule has 0 radical (unpaired) electrons. The minimum absolute atomic E-state index is 0.165. The summed E-state index contributed by atoms with van der Waals surface area (Å²) in [5, 5.41) is 8.90. The monoisotopic (exact) mass is 229 g/mol. The molecule has 1 unspecified atom stereocenters. The van der Waals surface area contributed by atoms with Crippen LogP contribution >= 0.6 is 0 Å². The topological polar surface area (TPSA) is 40.5 Å². The highest BCUT2D eigenvalue weighted by atomic mass is 19.1. The van der Waals surface area contributed by atoms with Crippen molar-refractivity contribution in [3.63, 3.8) is 0 Å². The van der Waals surface area contributed by atoms with E-state index >= 15 is 0 Å². The molecular formula is C12H20FNO2. The van der Waals surface area contributed by atoms with Crippen LogP contribution in [0.1, 0.15) is 38.5 Å². The van der Waals surface area contributed by atoms with Crippen LogP contribution in [-0.4, -0.2) is 41.3 Å². The molecule has 1 atom stereocenters. The van der Waals surface area contributed by atoms with Crippen molar-refractivity contribution in [1.29, 1.82) is 0 Å². The van der Waals surface area contributed by atoms with Gasteiger partial charge in [0.15, 0.2) is 0 Å². The summed E-state index contributed by atoms with van der Waals surface area (Å²) in [4.78, 5) is 13.0. The number of hydrogen-bond donors (Lipinski definition) is 1. The highest BCUT2D eigenvalue weighted by Gasteiger charge is 2.31. The van der Waals surface area contributed by atoms with Crippen LogP contribution in [-0.2, 0) is 4.79 Å². The fourth-order valence-corrected chi connectivity index (χ4v) is 2.97. The summed E-state index contributed by atoms with van der Waals surface area (Å²) in [6.45, 7) is 1.55. The number of halogens is 1. The van der Waals surface area contributed by atoms with E-state index in [4.69, 9.17) is 5.11 Å². The molecule has 0 bridgehead atoms. The molecule has 0 amide bonds. The van der Waals surface area contributed by atoms with Gasteiger partial charge in [0.2, 0.25) is 0 Å². The number of alkyl halides is 1. The van der Waals surface area contributed by atoms with E-state index in [1.165, 1.54) is 0 Å². The van der Waals surface area contributed by atoms with Gasteiger partial charge in [0.25, 0.3) is 0 Å². The maximum Gasteiger partial charge on any atom is 0.306 e. The molecule has 0 aromatic heterocycles. The molecule has 92 valence electrons. The summed E-state index contributed by atoms with van der Waals surface area (Å²) in [7, 11) is 0. The molecule has 0 aromatic rings. The predicted molar refractivity (Wildman–Crippen MR) is 59.1 cm³/mol. The molecule has 0 aromatic carbocycles. The van der Waals surface area contributed by atoms with Crippen molar-refractivity contribution in [2.75, 3.05) is 13.1 Å². The lowest BCUT2D eigenvalue weighted by atomic mass is 9.85. The van der Waals surface area contributed by atoms with Crippen molar-refractivity contribution in [3.05, 3.63) is 0 Å². The maximum atomic E-state index is 13.3. The van der Waals surface area contributed by atoms with E-state index in [0.717, 1.165) is 38.6 Å². The van der Waals surface area contributed by atoms with E-state index < -0.39 is 12.1 Å². The zero-order valence-corrected chi connectivity index (χ0v) is 9.57. The molecule has 1 heterocycles. The molecule has 3 nitrogen and oxygen atoms in total. The third-order valence-corrected chi connectivity index (χ3v) is 3.96. The van der Waals surface area contributed by atoms with Crippen LogP contribution in [0.25, 0.3) is 0 Å². The summed E-state index contributed by atoms with van der Waals surface area (Å²) in [6, 6.07) is 0.425. The first kappa shape index (κ1) is 11.8. The maximum absolute atomic E-state index is 13.3. The molecule has 16 heavy (non-hydrogen) atoms. The second-order valence-corrected chi connectivity index (χ2v) is 5.08.